The first kappa shape index (κ1) is 11.2. The van der Waals surface area contributed by atoms with E-state index in [-0.39, 0.29) is 13.1 Å². The van der Waals surface area contributed by atoms with Gasteiger partial charge in [-0.1, -0.05) is 0 Å². The molecular formula is C8H11N3O4. The van der Waals surface area contributed by atoms with Crippen LogP contribution in [-0.2, 0) is 13.1 Å². The molecule has 0 saturated heterocycles. The highest BCUT2D eigenvalue weighted by molar-refractivity contribution is 5.44. The van der Waals surface area contributed by atoms with Gasteiger partial charge in [0.05, 0.1) is 0 Å². The molecule has 0 aliphatic carbocycles. The number of nitroso groups, excluding NO2 is 1. The van der Waals surface area contributed by atoms with Crippen LogP contribution in [-0.4, -0.2) is 14.2 Å². The van der Waals surface area contributed by atoms with Crippen molar-refractivity contribution in [1.29, 1.82) is 0 Å². The topological polar surface area (TPSA) is 93.7 Å². The summed E-state index contributed by atoms with van der Waals surface area (Å²) in [7, 11) is 0. The van der Waals surface area contributed by atoms with Gasteiger partial charge in [0, 0.05) is 13.1 Å². The Bertz CT molecular complexity index is 500. The fourth-order valence-electron chi connectivity index (χ4n) is 1.32. The Morgan fingerprint density at radius 2 is 1.73 bits per heavy atom. The molecule has 1 heterocycles. The van der Waals surface area contributed by atoms with E-state index in [1.165, 1.54) is 0 Å². The van der Waals surface area contributed by atoms with Gasteiger partial charge in [0.1, 0.15) is 0 Å². The van der Waals surface area contributed by atoms with Gasteiger partial charge < -0.3 is 5.11 Å². The third kappa shape index (κ3) is 1.56. The van der Waals surface area contributed by atoms with Crippen molar-refractivity contribution < 1.29 is 5.11 Å². The Balaban J connectivity index is 3.81. The molecule has 7 heteroatoms. The fourth-order valence-corrected chi connectivity index (χ4v) is 1.32. The Hall–Kier alpha value is -1.92. The van der Waals surface area contributed by atoms with Crippen LogP contribution in [0, 0.1) is 4.91 Å². The molecule has 0 saturated carbocycles. The highest BCUT2D eigenvalue weighted by atomic mass is 16.3. The van der Waals surface area contributed by atoms with Gasteiger partial charge in [0.2, 0.25) is 11.6 Å². The van der Waals surface area contributed by atoms with Crippen molar-refractivity contribution in [3.63, 3.8) is 0 Å². The van der Waals surface area contributed by atoms with E-state index in [0.29, 0.717) is 0 Å². The van der Waals surface area contributed by atoms with Crippen LogP contribution in [0.2, 0.25) is 0 Å². The van der Waals surface area contributed by atoms with Gasteiger partial charge in [-0.05, 0) is 19.0 Å². The molecule has 82 valence electrons. The molecule has 1 rings (SSSR count). The van der Waals surface area contributed by atoms with E-state index in [1.807, 2.05) is 0 Å². The normalized spacial score (nSPS) is 10.3. The summed E-state index contributed by atoms with van der Waals surface area (Å²) in [5.74, 6) is -0.674. The van der Waals surface area contributed by atoms with Gasteiger partial charge >= 0.3 is 5.69 Å². The van der Waals surface area contributed by atoms with Crippen LogP contribution in [0.5, 0.6) is 5.88 Å². The number of hydrogen-bond donors (Lipinski definition) is 1. The minimum absolute atomic E-state index is 0.125. The average molecular weight is 213 g/mol. The van der Waals surface area contributed by atoms with E-state index in [1.54, 1.807) is 13.8 Å². The van der Waals surface area contributed by atoms with Gasteiger partial charge in [-0.15, -0.1) is 4.91 Å². The predicted octanol–water partition coefficient (Wildman–Crippen LogP) is 0.153. The second-order valence-electron chi connectivity index (χ2n) is 2.84. The quantitative estimate of drug-likeness (QED) is 0.723. The monoisotopic (exact) mass is 213 g/mol. The maximum atomic E-state index is 11.6. The van der Waals surface area contributed by atoms with E-state index >= 15 is 0 Å². The van der Waals surface area contributed by atoms with Crippen molar-refractivity contribution in [2.24, 2.45) is 5.18 Å². The Labute approximate surface area is 84.6 Å². The summed E-state index contributed by atoms with van der Waals surface area (Å²) in [6.45, 7) is 3.49. The first-order valence-corrected chi connectivity index (χ1v) is 4.48. The molecule has 1 aromatic heterocycles. The van der Waals surface area contributed by atoms with E-state index in [2.05, 4.69) is 5.18 Å². The van der Waals surface area contributed by atoms with Crippen LogP contribution in [0.15, 0.2) is 14.8 Å². The van der Waals surface area contributed by atoms with Crippen molar-refractivity contribution in [3.05, 3.63) is 25.7 Å². The lowest BCUT2D eigenvalue weighted by molar-refractivity contribution is 0.397. The molecule has 0 fully saturated rings. The van der Waals surface area contributed by atoms with E-state index in [9.17, 15) is 19.6 Å². The van der Waals surface area contributed by atoms with Crippen LogP contribution in [0.4, 0.5) is 5.69 Å². The van der Waals surface area contributed by atoms with E-state index in [0.717, 1.165) is 9.13 Å². The zero-order valence-electron chi connectivity index (χ0n) is 8.43. The van der Waals surface area contributed by atoms with Crippen molar-refractivity contribution in [2.75, 3.05) is 0 Å². The summed E-state index contributed by atoms with van der Waals surface area (Å²) < 4.78 is 1.77. The number of rotatable bonds is 3. The maximum Gasteiger partial charge on any atom is 0.333 e. The molecule has 1 N–H and O–H groups in total. The molecule has 0 aromatic carbocycles. The molecule has 7 nitrogen and oxygen atoms in total. The number of nitrogens with zero attached hydrogens (tertiary/aromatic N) is 3. The van der Waals surface area contributed by atoms with Crippen molar-refractivity contribution in [3.8, 4) is 5.88 Å². The first-order chi connectivity index (χ1) is 7.08. The van der Waals surface area contributed by atoms with Gasteiger partial charge in [0.25, 0.3) is 5.56 Å². The highest BCUT2D eigenvalue weighted by Crippen LogP contribution is 2.18. The molecule has 0 radical (unpaired) electrons. The van der Waals surface area contributed by atoms with Crippen LogP contribution in [0.25, 0.3) is 0 Å². The van der Waals surface area contributed by atoms with Crippen LogP contribution < -0.4 is 11.2 Å². The zero-order chi connectivity index (χ0) is 11.6. The summed E-state index contributed by atoms with van der Waals surface area (Å²) in [6, 6.07) is 0. The first-order valence-electron chi connectivity index (χ1n) is 4.48. The molecule has 15 heavy (non-hydrogen) atoms. The zero-order valence-corrected chi connectivity index (χ0v) is 8.43. The van der Waals surface area contributed by atoms with Gasteiger partial charge in [-0.3, -0.25) is 13.9 Å². The highest BCUT2D eigenvalue weighted by Gasteiger charge is 2.17. The van der Waals surface area contributed by atoms with Crippen LogP contribution in [0.3, 0.4) is 0 Å². The molecule has 0 aliphatic rings. The molecule has 0 spiro atoms. The second kappa shape index (κ2) is 4.07. The molecular weight excluding hydrogens is 202 g/mol. The fraction of sp³-hybridized carbons (Fsp3) is 0.500. The third-order valence-electron chi connectivity index (χ3n) is 2.10. The minimum atomic E-state index is -0.861. The van der Waals surface area contributed by atoms with Crippen molar-refractivity contribution in [2.45, 2.75) is 26.9 Å². The molecule has 0 atom stereocenters. The second-order valence-corrected chi connectivity index (χ2v) is 2.84. The lowest BCUT2D eigenvalue weighted by atomic mass is 10.4. The molecule has 0 unspecified atom stereocenters. The summed E-state index contributed by atoms with van der Waals surface area (Å²) in [6.07, 6.45) is 0. The lowest BCUT2D eigenvalue weighted by Gasteiger charge is -2.09. The Morgan fingerprint density at radius 3 is 2.13 bits per heavy atom. The standard InChI is InChI=1S/C8H11N3O4/c1-3-10-6(12)5(9-15)7(13)11(4-2)8(10)14/h12H,3-4H2,1-2H3. The third-order valence-corrected chi connectivity index (χ3v) is 2.10. The summed E-state index contributed by atoms with van der Waals surface area (Å²) in [4.78, 5) is 33.4. The lowest BCUT2D eigenvalue weighted by Crippen LogP contribution is -2.38. The van der Waals surface area contributed by atoms with E-state index in [4.69, 9.17) is 0 Å². The van der Waals surface area contributed by atoms with Gasteiger partial charge in [-0.25, -0.2) is 4.79 Å². The molecule has 0 amide bonds. The predicted molar refractivity (Wildman–Crippen MR) is 53.4 cm³/mol. The molecule has 1 aromatic rings. The SMILES string of the molecule is CCn1c(O)c(N=O)c(=O)n(CC)c1=O. The smallest absolute Gasteiger partial charge is 0.333 e. The summed E-state index contributed by atoms with van der Waals surface area (Å²) in [5, 5.41) is 11.9. The summed E-state index contributed by atoms with van der Waals surface area (Å²) >= 11 is 0. The summed E-state index contributed by atoms with van der Waals surface area (Å²) in [5.41, 5.74) is -2.13. The Kier molecular flexibility index (Phi) is 3.03. The van der Waals surface area contributed by atoms with Crippen LogP contribution in [0.1, 0.15) is 13.8 Å². The molecule has 0 bridgehead atoms. The van der Waals surface area contributed by atoms with E-state index < -0.39 is 22.8 Å². The van der Waals surface area contributed by atoms with Crippen LogP contribution >= 0.6 is 0 Å². The van der Waals surface area contributed by atoms with Crippen molar-refractivity contribution >= 4 is 5.69 Å². The number of aromatic nitrogens is 2. The largest absolute Gasteiger partial charge is 0.493 e. The maximum absolute atomic E-state index is 11.6. The number of hydrogen-bond acceptors (Lipinski definition) is 5. The van der Waals surface area contributed by atoms with Gasteiger partial charge in [-0.2, -0.15) is 0 Å². The molecule has 0 aliphatic heterocycles. The minimum Gasteiger partial charge on any atom is -0.493 e. The average Bonchev–Trinajstić information content (AvgIpc) is 2.19. The van der Waals surface area contributed by atoms with Gasteiger partial charge in [0.15, 0.2) is 0 Å². The number of aromatic hydroxyl groups is 1. The Morgan fingerprint density at radius 1 is 1.20 bits per heavy atom. The van der Waals surface area contributed by atoms with Crippen molar-refractivity contribution in [1.82, 2.24) is 9.13 Å².